The fourth-order valence-corrected chi connectivity index (χ4v) is 2.49. The van der Waals surface area contributed by atoms with Gasteiger partial charge in [-0.1, -0.05) is 6.07 Å². The van der Waals surface area contributed by atoms with Crippen LogP contribution in [0.5, 0.6) is 0 Å². The van der Waals surface area contributed by atoms with Crippen LogP contribution in [-0.4, -0.2) is 28.3 Å². The molecule has 2 aromatic rings. The number of anilines is 2. The van der Waals surface area contributed by atoms with Gasteiger partial charge in [-0.2, -0.15) is 0 Å². The molecule has 120 valence electrons. The summed E-state index contributed by atoms with van der Waals surface area (Å²) in [4.78, 5) is 8.38. The maximum Gasteiger partial charge on any atom is 0.494 e. The fourth-order valence-electron chi connectivity index (χ4n) is 2.49. The smallest absolute Gasteiger partial charge is 0.399 e. The van der Waals surface area contributed by atoms with Crippen LogP contribution in [0.25, 0.3) is 0 Å². The van der Waals surface area contributed by atoms with E-state index in [1.165, 1.54) is 0 Å². The summed E-state index contributed by atoms with van der Waals surface area (Å²) in [6.07, 6.45) is 3.42. The van der Waals surface area contributed by atoms with Gasteiger partial charge in [0.05, 0.1) is 11.2 Å². The predicted octanol–water partition coefficient (Wildman–Crippen LogP) is 2.83. The Morgan fingerprint density at radius 2 is 1.57 bits per heavy atom. The summed E-state index contributed by atoms with van der Waals surface area (Å²) in [5.41, 5.74) is 2.33. The van der Waals surface area contributed by atoms with Crippen LogP contribution in [0.1, 0.15) is 33.3 Å². The maximum atomic E-state index is 6.13. The van der Waals surface area contributed by atoms with Gasteiger partial charge in [-0.05, 0) is 63.8 Å². The van der Waals surface area contributed by atoms with Gasteiger partial charge in [0.15, 0.2) is 0 Å². The van der Waals surface area contributed by atoms with E-state index in [2.05, 4.69) is 49.0 Å². The fraction of sp³-hybridized carbons (Fsp3) is 0.412. The zero-order valence-corrected chi connectivity index (χ0v) is 14.3. The molecule has 0 unspecified atom stereocenters. The highest BCUT2D eigenvalue weighted by Gasteiger charge is 2.51. The number of rotatable bonds is 3. The Labute approximate surface area is 137 Å². The Kier molecular flexibility index (Phi) is 3.90. The van der Waals surface area contributed by atoms with E-state index in [1.807, 2.05) is 19.1 Å². The lowest BCUT2D eigenvalue weighted by Gasteiger charge is -2.32. The number of hydrogen-bond acceptors (Lipinski definition) is 5. The molecule has 6 heteroatoms. The SMILES string of the molecule is Cc1cc(Nc2ncccn2)cc(B2OC(C)(C)C(C)(C)O2)c1. The average molecular weight is 311 g/mol. The second kappa shape index (κ2) is 5.62. The molecule has 1 aromatic carbocycles. The summed E-state index contributed by atoms with van der Waals surface area (Å²) in [5.74, 6) is 0.568. The van der Waals surface area contributed by atoms with Gasteiger partial charge in [0.1, 0.15) is 0 Å². The molecule has 5 nitrogen and oxygen atoms in total. The third kappa shape index (κ3) is 3.23. The van der Waals surface area contributed by atoms with E-state index in [-0.39, 0.29) is 18.3 Å². The lowest BCUT2D eigenvalue weighted by atomic mass is 9.78. The average Bonchev–Trinajstić information content (AvgIpc) is 2.68. The first-order chi connectivity index (χ1) is 10.8. The van der Waals surface area contributed by atoms with Crippen molar-refractivity contribution in [3.05, 3.63) is 42.2 Å². The highest BCUT2D eigenvalue weighted by atomic mass is 16.7. The predicted molar refractivity (Wildman–Crippen MR) is 92.2 cm³/mol. The highest BCUT2D eigenvalue weighted by molar-refractivity contribution is 6.62. The largest absolute Gasteiger partial charge is 0.494 e. The van der Waals surface area contributed by atoms with Crippen LogP contribution in [0.2, 0.25) is 0 Å². The normalized spacial score (nSPS) is 18.9. The summed E-state index contributed by atoms with van der Waals surface area (Å²) in [6.45, 7) is 10.3. The molecule has 0 saturated carbocycles. The van der Waals surface area contributed by atoms with Crippen molar-refractivity contribution in [2.75, 3.05) is 5.32 Å². The first-order valence-corrected chi connectivity index (χ1v) is 7.78. The Hall–Kier alpha value is -1.92. The summed E-state index contributed by atoms with van der Waals surface area (Å²) < 4.78 is 12.3. The lowest BCUT2D eigenvalue weighted by molar-refractivity contribution is 0.00578. The summed E-state index contributed by atoms with van der Waals surface area (Å²) in [7, 11) is -0.378. The topological polar surface area (TPSA) is 56.3 Å². The molecule has 1 aliphatic rings. The van der Waals surface area contributed by atoms with E-state index in [0.717, 1.165) is 16.7 Å². The van der Waals surface area contributed by atoms with Crippen molar-refractivity contribution in [1.82, 2.24) is 9.97 Å². The van der Waals surface area contributed by atoms with Gasteiger partial charge in [0.2, 0.25) is 5.95 Å². The molecule has 0 bridgehead atoms. The Balaban J connectivity index is 1.87. The van der Waals surface area contributed by atoms with Gasteiger partial charge < -0.3 is 14.6 Å². The number of aryl methyl sites for hydroxylation is 1. The van der Waals surface area contributed by atoms with Crippen molar-refractivity contribution in [3.8, 4) is 0 Å². The minimum absolute atomic E-state index is 0.350. The van der Waals surface area contributed by atoms with Gasteiger partial charge >= 0.3 is 7.12 Å². The van der Waals surface area contributed by atoms with E-state index in [9.17, 15) is 0 Å². The van der Waals surface area contributed by atoms with E-state index < -0.39 is 0 Å². The lowest BCUT2D eigenvalue weighted by Crippen LogP contribution is -2.41. The van der Waals surface area contributed by atoms with E-state index >= 15 is 0 Å². The van der Waals surface area contributed by atoms with Crippen LogP contribution < -0.4 is 10.8 Å². The van der Waals surface area contributed by atoms with Crippen molar-refractivity contribution in [1.29, 1.82) is 0 Å². The van der Waals surface area contributed by atoms with Crippen LogP contribution in [0.15, 0.2) is 36.7 Å². The summed E-state index contributed by atoms with van der Waals surface area (Å²) in [5, 5.41) is 3.22. The van der Waals surface area contributed by atoms with E-state index in [1.54, 1.807) is 18.5 Å². The highest BCUT2D eigenvalue weighted by Crippen LogP contribution is 2.36. The number of nitrogens with one attached hydrogen (secondary N) is 1. The first-order valence-electron chi connectivity index (χ1n) is 7.78. The molecule has 1 aliphatic heterocycles. The molecular weight excluding hydrogens is 289 g/mol. The molecule has 0 radical (unpaired) electrons. The molecule has 0 aliphatic carbocycles. The van der Waals surface area contributed by atoms with Crippen LogP contribution in [0.4, 0.5) is 11.6 Å². The van der Waals surface area contributed by atoms with Gasteiger partial charge in [-0.15, -0.1) is 0 Å². The van der Waals surface area contributed by atoms with Crippen molar-refractivity contribution < 1.29 is 9.31 Å². The van der Waals surface area contributed by atoms with Crippen LogP contribution >= 0.6 is 0 Å². The van der Waals surface area contributed by atoms with Crippen molar-refractivity contribution in [2.45, 2.75) is 45.8 Å². The zero-order chi connectivity index (χ0) is 16.7. The monoisotopic (exact) mass is 311 g/mol. The standard InChI is InChI=1S/C17H22BN3O2/c1-12-9-13(18-22-16(2,3)17(4,5)23-18)11-14(10-12)21-15-19-7-6-8-20-15/h6-11H,1-5H3,(H,19,20,21). The maximum absolute atomic E-state index is 6.13. The Bertz CT molecular complexity index is 688. The third-order valence-corrected chi connectivity index (χ3v) is 4.45. The van der Waals surface area contributed by atoms with Gasteiger partial charge in [0.25, 0.3) is 0 Å². The molecule has 2 heterocycles. The molecule has 1 fully saturated rings. The van der Waals surface area contributed by atoms with Crippen molar-refractivity contribution in [2.24, 2.45) is 0 Å². The van der Waals surface area contributed by atoms with Crippen molar-refractivity contribution >= 4 is 24.2 Å². The quantitative estimate of drug-likeness (QED) is 0.883. The molecule has 1 aromatic heterocycles. The molecule has 23 heavy (non-hydrogen) atoms. The third-order valence-electron chi connectivity index (χ3n) is 4.45. The van der Waals surface area contributed by atoms with Crippen LogP contribution in [0.3, 0.4) is 0 Å². The Morgan fingerprint density at radius 3 is 2.17 bits per heavy atom. The molecular formula is C17H22BN3O2. The minimum Gasteiger partial charge on any atom is -0.399 e. The summed E-state index contributed by atoms with van der Waals surface area (Å²) in [6, 6.07) is 7.94. The molecule has 0 atom stereocenters. The second-order valence-electron chi connectivity index (χ2n) is 6.92. The molecule has 1 N–H and O–H groups in total. The van der Waals surface area contributed by atoms with Crippen molar-refractivity contribution in [3.63, 3.8) is 0 Å². The number of benzene rings is 1. The number of hydrogen-bond donors (Lipinski definition) is 1. The first kappa shape index (κ1) is 16.0. The van der Waals surface area contributed by atoms with Gasteiger partial charge in [-0.25, -0.2) is 9.97 Å². The minimum atomic E-state index is -0.378. The molecule has 3 rings (SSSR count). The molecule has 1 saturated heterocycles. The molecule has 0 amide bonds. The number of aromatic nitrogens is 2. The van der Waals surface area contributed by atoms with E-state index in [0.29, 0.717) is 5.95 Å². The zero-order valence-electron chi connectivity index (χ0n) is 14.3. The summed E-state index contributed by atoms with van der Waals surface area (Å²) >= 11 is 0. The Morgan fingerprint density at radius 1 is 0.957 bits per heavy atom. The molecule has 0 spiro atoms. The van der Waals surface area contributed by atoms with Gasteiger partial charge in [0, 0.05) is 18.1 Å². The second-order valence-corrected chi connectivity index (χ2v) is 6.92. The number of nitrogens with zero attached hydrogens (tertiary/aromatic N) is 2. The van der Waals surface area contributed by atoms with E-state index in [4.69, 9.17) is 9.31 Å². The van der Waals surface area contributed by atoms with Gasteiger partial charge in [-0.3, -0.25) is 0 Å². The van der Waals surface area contributed by atoms with Crippen LogP contribution in [0, 0.1) is 6.92 Å². The van der Waals surface area contributed by atoms with Crippen LogP contribution in [-0.2, 0) is 9.31 Å².